The minimum atomic E-state index is -0.489. The Bertz CT molecular complexity index is 540. The van der Waals surface area contributed by atoms with Crippen LogP contribution in [0.1, 0.15) is 17.2 Å². The highest BCUT2D eigenvalue weighted by atomic mass is 35.5. The number of rotatable bonds is 5. The van der Waals surface area contributed by atoms with Crippen LogP contribution in [-0.2, 0) is 11.3 Å². The van der Waals surface area contributed by atoms with Crippen molar-refractivity contribution in [1.29, 1.82) is 0 Å². The van der Waals surface area contributed by atoms with Crippen LogP contribution in [0.2, 0.25) is 5.02 Å². The lowest BCUT2D eigenvalue weighted by molar-refractivity contribution is -0.120. The molecule has 0 aromatic heterocycles. The molecule has 0 aliphatic heterocycles. The number of nitrogens with one attached hydrogen (secondary N) is 1. The van der Waals surface area contributed by atoms with Gasteiger partial charge in [0.05, 0.1) is 0 Å². The maximum Gasteiger partial charge on any atom is 0.239 e. The van der Waals surface area contributed by atoms with E-state index < -0.39 is 6.04 Å². The van der Waals surface area contributed by atoms with E-state index in [9.17, 15) is 4.79 Å². The Morgan fingerprint density at radius 3 is 2.32 bits per heavy atom. The van der Waals surface area contributed by atoms with E-state index in [-0.39, 0.29) is 5.91 Å². The molecule has 0 unspecified atom stereocenters. The van der Waals surface area contributed by atoms with Crippen molar-refractivity contribution in [3.63, 3.8) is 0 Å². The van der Waals surface area contributed by atoms with Crippen LogP contribution in [0.25, 0.3) is 0 Å². The van der Waals surface area contributed by atoms with E-state index in [1.807, 2.05) is 54.6 Å². The molecule has 19 heavy (non-hydrogen) atoms. The molecule has 3 N–H and O–H groups in total. The highest BCUT2D eigenvalue weighted by molar-refractivity contribution is 6.30. The largest absolute Gasteiger partial charge is 0.368 e. The number of carbonyl (C=O) groups is 1. The van der Waals surface area contributed by atoms with Gasteiger partial charge < -0.3 is 5.73 Å². The van der Waals surface area contributed by atoms with Gasteiger partial charge in [-0.25, -0.2) is 0 Å². The Balaban J connectivity index is 2.06. The predicted molar refractivity (Wildman–Crippen MR) is 76.7 cm³/mol. The van der Waals surface area contributed by atoms with Crippen LogP contribution >= 0.6 is 11.6 Å². The average molecular weight is 275 g/mol. The maximum atomic E-state index is 11.5. The third-order valence-corrected chi connectivity index (χ3v) is 3.09. The van der Waals surface area contributed by atoms with Crippen LogP contribution in [0, 0.1) is 0 Å². The van der Waals surface area contributed by atoms with Crippen molar-refractivity contribution in [1.82, 2.24) is 5.32 Å². The third-order valence-electron chi connectivity index (χ3n) is 2.84. The van der Waals surface area contributed by atoms with E-state index in [2.05, 4.69) is 5.32 Å². The fourth-order valence-electron chi connectivity index (χ4n) is 1.85. The second kappa shape index (κ2) is 6.36. The lowest BCUT2D eigenvalue weighted by Gasteiger charge is -2.15. The highest BCUT2D eigenvalue weighted by Crippen LogP contribution is 2.14. The van der Waals surface area contributed by atoms with E-state index in [1.165, 1.54) is 0 Å². The summed E-state index contributed by atoms with van der Waals surface area (Å²) in [6.45, 7) is 0.555. The zero-order valence-electron chi connectivity index (χ0n) is 10.3. The summed E-state index contributed by atoms with van der Waals surface area (Å²) in [6, 6.07) is 16.4. The Hall–Kier alpha value is -1.84. The number of carbonyl (C=O) groups excluding carboxylic acids is 1. The second-order valence-electron chi connectivity index (χ2n) is 4.25. The van der Waals surface area contributed by atoms with Gasteiger partial charge in [-0.05, 0) is 23.3 Å². The van der Waals surface area contributed by atoms with Crippen molar-refractivity contribution < 1.29 is 4.79 Å². The summed E-state index contributed by atoms with van der Waals surface area (Å²) in [4.78, 5) is 11.5. The number of amides is 1. The molecule has 0 saturated heterocycles. The molecular formula is C15H15ClN2O. The molecule has 0 bridgehead atoms. The Labute approximate surface area is 117 Å². The van der Waals surface area contributed by atoms with Crippen LogP contribution < -0.4 is 11.1 Å². The van der Waals surface area contributed by atoms with Gasteiger partial charge in [0, 0.05) is 11.6 Å². The molecule has 2 aromatic rings. The molecule has 0 fully saturated rings. The molecule has 2 aromatic carbocycles. The number of hydrogen-bond acceptors (Lipinski definition) is 2. The fourth-order valence-corrected chi connectivity index (χ4v) is 1.98. The summed E-state index contributed by atoms with van der Waals surface area (Å²) in [6.07, 6.45) is 0. The summed E-state index contributed by atoms with van der Waals surface area (Å²) in [5, 5.41) is 3.85. The van der Waals surface area contributed by atoms with Gasteiger partial charge in [0.15, 0.2) is 0 Å². The zero-order valence-corrected chi connectivity index (χ0v) is 11.1. The standard InChI is InChI=1S/C15H15ClN2O/c16-13-8-6-11(7-9-13)10-18-14(15(17)19)12-4-2-1-3-5-12/h1-9,14,18H,10H2,(H2,17,19)/t14-/m1/s1. The van der Waals surface area contributed by atoms with Gasteiger partial charge in [-0.1, -0.05) is 54.1 Å². The Morgan fingerprint density at radius 1 is 1.11 bits per heavy atom. The van der Waals surface area contributed by atoms with Crippen LogP contribution in [0.4, 0.5) is 0 Å². The maximum absolute atomic E-state index is 11.5. The molecule has 4 heteroatoms. The first kappa shape index (κ1) is 13.6. The first-order valence-corrected chi connectivity index (χ1v) is 6.36. The predicted octanol–water partition coefficient (Wildman–Crippen LogP) is 2.66. The molecule has 98 valence electrons. The second-order valence-corrected chi connectivity index (χ2v) is 4.69. The zero-order chi connectivity index (χ0) is 13.7. The van der Waals surface area contributed by atoms with Gasteiger partial charge in [0.1, 0.15) is 6.04 Å². The summed E-state index contributed by atoms with van der Waals surface area (Å²) >= 11 is 5.83. The molecule has 0 aliphatic rings. The average Bonchev–Trinajstić information content (AvgIpc) is 2.42. The number of hydrogen-bond donors (Lipinski definition) is 2. The van der Waals surface area contributed by atoms with Crippen molar-refractivity contribution in [3.05, 3.63) is 70.7 Å². The first-order valence-electron chi connectivity index (χ1n) is 5.99. The van der Waals surface area contributed by atoms with Crippen LogP contribution in [0.5, 0.6) is 0 Å². The molecule has 2 rings (SSSR count). The van der Waals surface area contributed by atoms with Crippen molar-refractivity contribution in [2.45, 2.75) is 12.6 Å². The normalized spacial score (nSPS) is 12.1. The van der Waals surface area contributed by atoms with Gasteiger partial charge in [-0.2, -0.15) is 0 Å². The van der Waals surface area contributed by atoms with E-state index >= 15 is 0 Å². The van der Waals surface area contributed by atoms with Crippen LogP contribution in [-0.4, -0.2) is 5.91 Å². The van der Waals surface area contributed by atoms with Gasteiger partial charge in [-0.15, -0.1) is 0 Å². The van der Waals surface area contributed by atoms with E-state index in [1.54, 1.807) is 0 Å². The van der Waals surface area contributed by atoms with Crippen molar-refractivity contribution in [2.75, 3.05) is 0 Å². The molecule has 3 nitrogen and oxygen atoms in total. The van der Waals surface area contributed by atoms with Crippen molar-refractivity contribution >= 4 is 17.5 Å². The highest BCUT2D eigenvalue weighted by Gasteiger charge is 2.16. The summed E-state index contributed by atoms with van der Waals surface area (Å²) in [7, 11) is 0. The number of nitrogens with two attached hydrogens (primary N) is 1. The molecule has 0 heterocycles. The van der Waals surface area contributed by atoms with Crippen LogP contribution in [0.3, 0.4) is 0 Å². The van der Waals surface area contributed by atoms with Gasteiger partial charge in [-0.3, -0.25) is 10.1 Å². The lowest BCUT2D eigenvalue weighted by atomic mass is 10.1. The third kappa shape index (κ3) is 3.81. The Morgan fingerprint density at radius 2 is 1.74 bits per heavy atom. The molecular weight excluding hydrogens is 260 g/mol. The first-order chi connectivity index (χ1) is 9.16. The minimum Gasteiger partial charge on any atom is -0.368 e. The SMILES string of the molecule is NC(=O)[C@H](NCc1ccc(Cl)cc1)c1ccccc1. The van der Waals surface area contributed by atoms with Gasteiger partial charge in [0.25, 0.3) is 0 Å². The molecule has 0 saturated carbocycles. The number of halogens is 1. The molecule has 1 amide bonds. The molecule has 1 atom stereocenters. The van der Waals surface area contributed by atoms with Crippen molar-refractivity contribution in [3.8, 4) is 0 Å². The minimum absolute atomic E-state index is 0.389. The lowest BCUT2D eigenvalue weighted by Crippen LogP contribution is -2.33. The van der Waals surface area contributed by atoms with Gasteiger partial charge >= 0.3 is 0 Å². The van der Waals surface area contributed by atoms with E-state index in [0.717, 1.165) is 11.1 Å². The quantitative estimate of drug-likeness (QED) is 0.881. The monoisotopic (exact) mass is 274 g/mol. The molecule has 0 aliphatic carbocycles. The van der Waals surface area contributed by atoms with Crippen LogP contribution in [0.15, 0.2) is 54.6 Å². The Kier molecular flexibility index (Phi) is 4.55. The summed E-state index contributed by atoms with van der Waals surface area (Å²) in [5.41, 5.74) is 7.35. The topological polar surface area (TPSA) is 55.1 Å². The number of benzene rings is 2. The smallest absolute Gasteiger partial charge is 0.239 e. The summed E-state index contributed by atoms with van der Waals surface area (Å²) < 4.78 is 0. The van der Waals surface area contributed by atoms with Crippen molar-refractivity contribution in [2.24, 2.45) is 5.73 Å². The van der Waals surface area contributed by atoms with E-state index in [0.29, 0.717) is 11.6 Å². The molecule has 0 spiro atoms. The summed E-state index contributed by atoms with van der Waals surface area (Å²) in [5.74, 6) is -0.389. The molecule has 0 radical (unpaired) electrons. The number of primary amides is 1. The van der Waals surface area contributed by atoms with E-state index in [4.69, 9.17) is 17.3 Å². The van der Waals surface area contributed by atoms with Gasteiger partial charge in [0.2, 0.25) is 5.91 Å². The fraction of sp³-hybridized carbons (Fsp3) is 0.133.